The molecule has 11 nitrogen and oxygen atoms in total. The van der Waals surface area contributed by atoms with Gasteiger partial charge in [0.2, 0.25) is 0 Å². The highest BCUT2D eigenvalue weighted by atomic mass is 32.2. The van der Waals surface area contributed by atoms with E-state index >= 15 is 0 Å². The zero-order valence-corrected chi connectivity index (χ0v) is 24.1. The van der Waals surface area contributed by atoms with Crippen molar-refractivity contribution in [3.63, 3.8) is 0 Å². The summed E-state index contributed by atoms with van der Waals surface area (Å²) in [5, 5.41) is 2.71. The molecule has 1 aromatic carbocycles. The van der Waals surface area contributed by atoms with Gasteiger partial charge >= 0.3 is 6.09 Å². The van der Waals surface area contributed by atoms with Gasteiger partial charge in [0.1, 0.15) is 22.3 Å². The minimum absolute atomic E-state index is 0.0468. The number of likely N-dealkylation sites (N-methyl/N-ethyl adjacent to an activating group) is 1. The Morgan fingerprint density at radius 3 is 2.50 bits per heavy atom. The van der Waals surface area contributed by atoms with Crippen LogP contribution in [-0.4, -0.2) is 74.3 Å². The number of benzene rings is 1. The Morgan fingerprint density at radius 1 is 1.18 bits per heavy atom. The van der Waals surface area contributed by atoms with E-state index in [0.717, 1.165) is 0 Å². The second-order valence-electron chi connectivity index (χ2n) is 9.92. The summed E-state index contributed by atoms with van der Waals surface area (Å²) in [4.78, 5) is 36.7. The van der Waals surface area contributed by atoms with Gasteiger partial charge in [-0.1, -0.05) is 25.3 Å². The van der Waals surface area contributed by atoms with Gasteiger partial charge in [-0.15, -0.1) is 0 Å². The minimum atomic E-state index is -1.48. The largest absolute Gasteiger partial charge is 0.491 e. The van der Waals surface area contributed by atoms with Crippen molar-refractivity contribution < 1.29 is 23.3 Å². The number of nitrogens with zero attached hydrogens (tertiary/aromatic N) is 4. The number of nitrogens with one attached hydrogen (secondary N) is 1. The van der Waals surface area contributed by atoms with Crippen LogP contribution in [0.4, 0.5) is 10.6 Å². The van der Waals surface area contributed by atoms with Crippen molar-refractivity contribution in [1.82, 2.24) is 24.5 Å². The van der Waals surface area contributed by atoms with Crippen molar-refractivity contribution in [3.8, 4) is 11.3 Å². The van der Waals surface area contributed by atoms with Crippen LogP contribution in [0, 0.1) is 0 Å². The molecule has 0 saturated carbocycles. The first-order valence-corrected chi connectivity index (χ1v) is 13.8. The zero-order valence-electron chi connectivity index (χ0n) is 23.3. The van der Waals surface area contributed by atoms with Gasteiger partial charge in [-0.05, 0) is 51.5 Å². The molecule has 0 fully saturated rings. The van der Waals surface area contributed by atoms with E-state index in [2.05, 4.69) is 28.4 Å². The summed E-state index contributed by atoms with van der Waals surface area (Å²) in [5.41, 5.74) is 6.57. The first-order chi connectivity index (χ1) is 18.9. The molecular weight excluding hydrogens is 532 g/mol. The van der Waals surface area contributed by atoms with E-state index in [1.54, 1.807) is 61.3 Å². The number of fused-ring (bicyclic) bond motifs is 13. The first kappa shape index (κ1) is 30.5. The molecule has 0 radical (unpaired) electrons. The molecule has 0 spiro atoms. The summed E-state index contributed by atoms with van der Waals surface area (Å²) in [5.74, 6) is -0.362. The van der Waals surface area contributed by atoms with Crippen molar-refractivity contribution in [3.05, 3.63) is 72.9 Å². The maximum absolute atomic E-state index is 13.2. The van der Waals surface area contributed by atoms with Gasteiger partial charge < -0.3 is 25.4 Å². The van der Waals surface area contributed by atoms with E-state index in [1.807, 2.05) is 0 Å². The number of aromatic nitrogens is 2. The number of rotatable bonds is 2. The van der Waals surface area contributed by atoms with E-state index < -0.39 is 28.6 Å². The monoisotopic (exact) mass is 568 g/mol. The predicted octanol–water partition coefficient (Wildman–Crippen LogP) is 3.65. The fraction of sp³-hybridized carbons (Fsp3) is 0.357. The number of hydrogen-bond acceptors (Lipinski definition) is 8. The molecule has 3 heterocycles. The van der Waals surface area contributed by atoms with E-state index in [9.17, 15) is 13.8 Å². The normalized spacial score (nSPS) is 19.8. The summed E-state index contributed by atoms with van der Waals surface area (Å²) >= 11 is 0. The molecule has 2 aliphatic heterocycles. The number of carbonyl (C=O) groups is 2. The molecule has 40 heavy (non-hydrogen) atoms. The van der Waals surface area contributed by atoms with Crippen molar-refractivity contribution in [2.45, 2.75) is 37.7 Å². The summed E-state index contributed by atoms with van der Waals surface area (Å²) < 4.78 is 26.3. The van der Waals surface area contributed by atoms with Crippen LogP contribution in [0.5, 0.6) is 0 Å². The van der Waals surface area contributed by atoms with Crippen molar-refractivity contribution in [1.29, 1.82) is 0 Å². The Morgan fingerprint density at radius 2 is 1.88 bits per heavy atom. The third-order valence-electron chi connectivity index (χ3n) is 5.72. The molecule has 12 heteroatoms. The van der Waals surface area contributed by atoms with Crippen molar-refractivity contribution >= 4 is 28.8 Å². The van der Waals surface area contributed by atoms with Gasteiger partial charge in [-0.25, -0.2) is 23.3 Å². The number of carbonyl (C=O) groups excluding carboxylic acids is 2. The average Bonchev–Trinajstić information content (AvgIpc) is 2.91. The topological polar surface area (TPSA) is 140 Å². The third kappa shape index (κ3) is 7.99. The van der Waals surface area contributed by atoms with Gasteiger partial charge in [-0.2, -0.15) is 0 Å². The molecule has 2 amide bonds. The Kier molecular flexibility index (Phi) is 10.2. The fourth-order valence-electron chi connectivity index (χ4n) is 3.67. The quantitative estimate of drug-likeness (QED) is 0.560. The van der Waals surface area contributed by atoms with Crippen LogP contribution in [0.15, 0.2) is 72.1 Å². The lowest BCUT2D eigenvalue weighted by atomic mass is 10.1. The lowest BCUT2D eigenvalue weighted by Gasteiger charge is -2.28. The number of nitrogen functional groups attached to an aromatic ring is 1. The maximum atomic E-state index is 13.2. The molecule has 1 unspecified atom stereocenters. The number of amides is 2. The molecule has 214 valence electrons. The number of hydrogen-bond donors (Lipinski definition) is 2. The number of ether oxygens (including phenoxy) is 2. The van der Waals surface area contributed by atoms with Crippen LogP contribution >= 0.6 is 0 Å². The lowest BCUT2D eigenvalue weighted by molar-refractivity contribution is 0.0233. The Balaban J connectivity index is 1.98. The zero-order chi connectivity index (χ0) is 29.4. The van der Waals surface area contributed by atoms with Crippen LogP contribution in [-0.2, 0) is 20.5 Å². The second kappa shape index (κ2) is 13.4. The molecule has 3 N–H and O–H groups in total. The van der Waals surface area contributed by atoms with Gasteiger partial charge in [0.15, 0.2) is 11.5 Å². The molecular formula is C28H36N6O5S. The molecule has 4 rings (SSSR count). The van der Waals surface area contributed by atoms with Crippen molar-refractivity contribution in [2.24, 2.45) is 0 Å². The van der Waals surface area contributed by atoms with Gasteiger partial charge in [0.05, 0.1) is 29.1 Å². The predicted molar refractivity (Wildman–Crippen MR) is 154 cm³/mol. The Bertz CT molecular complexity index is 1320. The van der Waals surface area contributed by atoms with Crippen LogP contribution in [0.2, 0.25) is 0 Å². The standard InChI is InChI=1S/C28H36N6O5S/c1-7-21-23(8-2)38-17-9-14-34(27(36)39-28(3,4)5)16-15-33(6)40(37)20-12-10-19(11-13-20)22-18-30-25(29)24(31-22)26(35)32-21/h7-8,10-13,18H,1-2,9,14-17H2,3-6H3,(H2,29,30)(H,32,35)/b23-21-. The van der Waals surface area contributed by atoms with E-state index in [-0.39, 0.29) is 36.1 Å². The number of nitrogens with two attached hydrogens (primary N) is 1. The summed E-state index contributed by atoms with van der Waals surface area (Å²) in [6.45, 7) is 14.1. The van der Waals surface area contributed by atoms with E-state index in [4.69, 9.17) is 15.2 Å². The van der Waals surface area contributed by atoms with E-state index in [1.165, 1.54) is 18.3 Å². The molecule has 4 bridgehead atoms. The SMILES string of the molecule is C=C/C1=C(\C=C)OCCCN(C(=O)OC(C)(C)C)CCN(C)S(=O)c2ccc(cc2)-c2cnc(N)c(n2)C(=O)N1. The maximum Gasteiger partial charge on any atom is 0.410 e. The Hall–Kier alpha value is -4.03. The fourth-order valence-corrected chi connectivity index (χ4v) is 4.65. The molecule has 2 aromatic rings. The van der Waals surface area contributed by atoms with Gasteiger partial charge in [-0.3, -0.25) is 4.79 Å². The van der Waals surface area contributed by atoms with Gasteiger partial charge in [0, 0.05) is 32.2 Å². The lowest BCUT2D eigenvalue weighted by Crippen LogP contribution is -2.41. The second-order valence-corrected chi connectivity index (χ2v) is 11.5. The summed E-state index contributed by atoms with van der Waals surface area (Å²) in [6, 6.07) is 6.92. The molecule has 1 aromatic heterocycles. The van der Waals surface area contributed by atoms with Crippen LogP contribution in [0.1, 0.15) is 37.7 Å². The Labute approximate surface area is 237 Å². The minimum Gasteiger partial charge on any atom is -0.491 e. The molecule has 0 saturated heterocycles. The van der Waals surface area contributed by atoms with Gasteiger partial charge in [0.25, 0.3) is 5.91 Å². The number of allylic oxidation sites excluding steroid dienone is 2. The smallest absolute Gasteiger partial charge is 0.410 e. The summed E-state index contributed by atoms with van der Waals surface area (Å²) in [6.07, 6.45) is 4.31. The highest BCUT2D eigenvalue weighted by molar-refractivity contribution is 7.82. The average molecular weight is 569 g/mol. The highest BCUT2D eigenvalue weighted by Crippen LogP contribution is 2.22. The molecule has 0 aliphatic carbocycles. The van der Waals surface area contributed by atoms with Crippen LogP contribution < -0.4 is 11.1 Å². The number of anilines is 1. The van der Waals surface area contributed by atoms with Crippen molar-refractivity contribution in [2.75, 3.05) is 39.0 Å². The van der Waals surface area contributed by atoms with Crippen LogP contribution in [0.25, 0.3) is 11.3 Å². The highest BCUT2D eigenvalue weighted by Gasteiger charge is 2.23. The third-order valence-corrected chi connectivity index (χ3v) is 7.14. The first-order valence-electron chi connectivity index (χ1n) is 12.7. The molecule has 1 atom stereocenters. The van der Waals surface area contributed by atoms with Crippen LogP contribution in [0.3, 0.4) is 0 Å². The molecule has 2 aliphatic rings. The van der Waals surface area contributed by atoms with E-state index in [0.29, 0.717) is 35.7 Å². The summed E-state index contributed by atoms with van der Waals surface area (Å²) in [7, 11) is 0.238.